The monoisotopic (exact) mass is 434 g/mol. The lowest BCUT2D eigenvalue weighted by atomic mass is 10.1. The predicted molar refractivity (Wildman–Crippen MR) is 120 cm³/mol. The van der Waals surface area contributed by atoms with Gasteiger partial charge in [-0.1, -0.05) is 58.3 Å². The highest BCUT2D eigenvalue weighted by molar-refractivity contribution is 7.85. The van der Waals surface area contributed by atoms with E-state index >= 15 is 0 Å². The molecule has 174 valence electrons. The zero-order chi connectivity index (χ0) is 22.2. The summed E-state index contributed by atoms with van der Waals surface area (Å²) in [6.45, 7) is 6.84. The van der Waals surface area contributed by atoms with E-state index < -0.39 is 15.9 Å². The van der Waals surface area contributed by atoms with Crippen molar-refractivity contribution in [3.8, 4) is 0 Å². The first-order valence-corrected chi connectivity index (χ1v) is 13.2. The first-order valence-electron chi connectivity index (χ1n) is 11.6. The molecule has 0 heterocycles. The number of nitrogens with zero attached hydrogens (tertiary/aromatic N) is 2. The molecular formula is C22H46N2O4S. The molecule has 29 heavy (non-hydrogen) atoms. The molecule has 0 aliphatic rings. The Morgan fingerprint density at radius 2 is 1.24 bits per heavy atom. The summed E-state index contributed by atoms with van der Waals surface area (Å²) in [6, 6.07) is 0. The summed E-state index contributed by atoms with van der Waals surface area (Å²) in [7, 11) is 0.259. The molecule has 7 heteroatoms. The van der Waals surface area contributed by atoms with Crippen molar-refractivity contribution in [3.05, 3.63) is 0 Å². The van der Waals surface area contributed by atoms with Crippen LogP contribution in [0.5, 0.6) is 0 Å². The molecule has 0 aromatic heterocycles. The van der Waals surface area contributed by atoms with E-state index in [1.54, 1.807) is 4.90 Å². The summed E-state index contributed by atoms with van der Waals surface area (Å²) < 4.78 is 33.1. The zero-order valence-electron chi connectivity index (χ0n) is 19.5. The minimum atomic E-state index is -4.20. The van der Waals surface area contributed by atoms with E-state index in [4.69, 9.17) is 0 Å². The molecule has 0 unspecified atom stereocenters. The first-order chi connectivity index (χ1) is 13.6. The average molecular weight is 435 g/mol. The third-order valence-corrected chi connectivity index (χ3v) is 6.36. The van der Waals surface area contributed by atoms with Crippen molar-refractivity contribution in [2.45, 2.75) is 90.9 Å². The topological polar surface area (TPSA) is 77.5 Å². The maximum Gasteiger partial charge on any atom is 0.219 e. The van der Waals surface area contributed by atoms with E-state index in [0.29, 0.717) is 13.1 Å². The van der Waals surface area contributed by atoms with Gasteiger partial charge in [-0.3, -0.25) is 4.79 Å². The van der Waals surface area contributed by atoms with Crippen LogP contribution >= 0.6 is 0 Å². The second-order valence-electron chi connectivity index (χ2n) is 9.04. The lowest BCUT2D eigenvalue weighted by Gasteiger charge is -2.31. The molecule has 0 atom stereocenters. The molecule has 0 aromatic rings. The Morgan fingerprint density at radius 1 is 0.793 bits per heavy atom. The van der Waals surface area contributed by atoms with Gasteiger partial charge in [0.2, 0.25) is 5.91 Å². The second kappa shape index (κ2) is 16.1. The Labute approximate surface area is 180 Å². The van der Waals surface area contributed by atoms with Gasteiger partial charge in [0.1, 0.15) is 0 Å². The lowest BCUT2D eigenvalue weighted by molar-refractivity contribution is -0.890. The van der Waals surface area contributed by atoms with E-state index in [-0.39, 0.29) is 12.3 Å². The Bertz CT molecular complexity index is 521. The molecule has 1 amide bonds. The van der Waals surface area contributed by atoms with Crippen molar-refractivity contribution in [3.63, 3.8) is 0 Å². The van der Waals surface area contributed by atoms with E-state index in [2.05, 4.69) is 21.0 Å². The van der Waals surface area contributed by atoms with Crippen molar-refractivity contribution in [2.75, 3.05) is 46.0 Å². The Balaban J connectivity index is 3.85. The summed E-state index contributed by atoms with van der Waals surface area (Å²) in [5.74, 6) is -0.467. The van der Waals surface area contributed by atoms with Crippen molar-refractivity contribution >= 4 is 16.0 Å². The maximum atomic E-state index is 11.7. The predicted octanol–water partition coefficient (Wildman–Crippen LogP) is 4.16. The van der Waals surface area contributed by atoms with Crippen LogP contribution in [-0.4, -0.2) is 74.3 Å². The van der Waals surface area contributed by atoms with Crippen molar-refractivity contribution in [1.29, 1.82) is 0 Å². The largest absolute Gasteiger partial charge is 0.748 e. The van der Waals surface area contributed by atoms with Gasteiger partial charge >= 0.3 is 0 Å². The van der Waals surface area contributed by atoms with E-state index in [1.165, 1.54) is 71.1 Å². The normalized spacial score (nSPS) is 12.3. The highest BCUT2D eigenvalue weighted by atomic mass is 32.2. The van der Waals surface area contributed by atoms with Crippen molar-refractivity contribution in [2.24, 2.45) is 0 Å². The highest BCUT2D eigenvalue weighted by Gasteiger charge is 2.16. The van der Waals surface area contributed by atoms with E-state index in [0.717, 1.165) is 24.0 Å². The minimum absolute atomic E-state index is 0.0618. The average Bonchev–Trinajstić information content (AvgIpc) is 2.60. The standard InChI is InChI=1S/C22H46N2O4S/c1-5-6-7-8-9-10-11-12-13-14-19-24(3,4)20-15-17-23(22(2)25)18-16-21-29(26,27)28/h5-21H2,1-4H3. The molecule has 6 nitrogen and oxygen atoms in total. The summed E-state index contributed by atoms with van der Waals surface area (Å²) in [5, 5.41) is 0. The minimum Gasteiger partial charge on any atom is -0.748 e. The SMILES string of the molecule is CCCCCCCCCCCC[N+](C)(C)CCCN(CCCS(=O)(=O)[O-])C(C)=O. The maximum absolute atomic E-state index is 11.7. The second-order valence-corrected chi connectivity index (χ2v) is 10.6. The summed E-state index contributed by atoms with van der Waals surface area (Å²) in [6.07, 6.45) is 14.5. The molecule has 0 rings (SSSR count). The van der Waals surface area contributed by atoms with Gasteiger partial charge in [0.15, 0.2) is 0 Å². The van der Waals surface area contributed by atoms with Crippen molar-refractivity contribution < 1.29 is 22.2 Å². The summed E-state index contributed by atoms with van der Waals surface area (Å²) in [5.41, 5.74) is 0. The lowest BCUT2D eigenvalue weighted by Crippen LogP contribution is -2.43. The molecule has 0 saturated heterocycles. The van der Waals surface area contributed by atoms with Gasteiger partial charge in [-0.15, -0.1) is 0 Å². The van der Waals surface area contributed by atoms with Crippen LogP contribution in [0.25, 0.3) is 0 Å². The number of unbranched alkanes of at least 4 members (excludes halogenated alkanes) is 9. The zero-order valence-corrected chi connectivity index (χ0v) is 20.3. The molecular weight excluding hydrogens is 388 g/mol. The third-order valence-electron chi connectivity index (χ3n) is 5.58. The van der Waals surface area contributed by atoms with Gasteiger partial charge in [-0.25, -0.2) is 8.42 Å². The molecule has 0 fully saturated rings. The van der Waals surface area contributed by atoms with Crippen molar-refractivity contribution in [1.82, 2.24) is 4.90 Å². The fourth-order valence-corrected chi connectivity index (χ4v) is 4.17. The number of rotatable bonds is 19. The number of carbonyl (C=O) groups is 1. The van der Waals surface area contributed by atoms with Crippen LogP contribution in [0, 0.1) is 0 Å². The summed E-state index contributed by atoms with van der Waals surface area (Å²) in [4.78, 5) is 13.4. The van der Waals surface area contributed by atoms with Crippen LogP contribution in [0.1, 0.15) is 90.9 Å². The number of quaternary nitrogens is 1. The van der Waals surface area contributed by atoms with E-state index in [1.807, 2.05) is 0 Å². The van der Waals surface area contributed by atoms with Crippen LogP contribution in [-0.2, 0) is 14.9 Å². The molecule has 0 aliphatic heterocycles. The third kappa shape index (κ3) is 19.1. The molecule has 0 bridgehead atoms. The number of amides is 1. The number of hydrogen-bond acceptors (Lipinski definition) is 4. The molecule has 0 N–H and O–H groups in total. The Morgan fingerprint density at radius 3 is 1.72 bits per heavy atom. The van der Waals surface area contributed by atoms with E-state index in [9.17, 15) is 17.8 Å². The molecule has 0 aromatic carbocycles. The number of carbonyl (C=O) groups excluding carboxylic acids is 1. The van der Waals surface area contributed by atoms with Gasteiger partial charge in [-0.05, 0) is 19.3 Å². The smallest absolute Gasteiger partial charge is 0.219 e. The fraction of sp³-hybridized carbons (Fsp3) is 0.955. The number of hydrogen-bond donors (Lipinski definition) is 0. The summed E-state index contributed by atoms with van der Waals surface area (Å²) >= 11 is 0. The van der Waals surface area contributed by atoms with Gasteiger partial charge in [-0.2, -0.15) is 0 Å². The van der Waals surface area contributed by atoms with Gasteiger partial charge in [0, 0.05) is 32.2 Å². The van der Waals surface area contributed by atoms with Gasteiger partial charge in [0.05, 0.1) is 37.3 Å². The van der Waals surface area contributed by atoms with Crippen LogP contribution in [0.4, 0.5) is 0 Å². The van der Waals surface area contributed by atoms with Crippen LogP contribution < -0.4 is 0 Å². The van der Waals surface area contributed by atoms with Crippen LogP contribution in [0.2, 0.25) is 0 Å². The highest BCUT2D eigenvalue weighted by Crippen LogP contribution is 2.12. The van der Waals surface area contributed by atoms with Crippen LogP contribution in [0.3, 0.4) is 0 Å². The quantitative estimate of drug-likeness (QED) is 0.174. The fourth-order valence-electron chi connectivity index (χ4n) is 3.69. The molecule has 0 spiro atoms. The molecule has 0 radical (unpaired) electrons. The molecule has 0 aliphatic carbocycles. The molecule has 0 saturated carbocycles. The Kier molecular flexibility index (Phi) is 15.7. The van der Waals surface area contributed by atoms with Crippen LogP contribution in [0.15, 0.2) is 0 Å². The first kappa shape index (κ1) is 28.3. The Hall–Kier alpha value is -0.660. The van der Waals surface area contributed by atoms with Gasteiger partial charge in [0.25, 0.3) is 0 Å². The van der Waals surface area contributed by atoms with Gasteiger partial charge < -0.3 is 13.9 Å².